The highest BCUT2D eigenvalue weighted by Gasteiger charge is 2.15. The molecule has 2 aromatic heterocycles. The molecule has 1 aliphatic carbocycles. The van der Waals surface area contributed by atoms with Crippen LogP contribution in [0.25, 0.3) is 5.65 Å². The molecule has 0 atom stereocenters. The van der Waals surface area contributed by atoms with E-state index >= 15 is 0 Å². The molecule has 2 aromatic rings. The fourth-order valence-electron chi connectivity index (χ4n) is 2.61. The van der Waals surface area contributed by atoms with Crippen LogP contribution in [0.5, 0.6) is 0 Å². The monoisotopic (exact) mass is 274 g/mol. The Hall–Kier alpha value is -1.95. The summed E-state index contributed by atoms with van der Waals surface area (Å²) >= 11 is 0. The third-order valence-corrected chi connectivity index (χ3v) is 3.71. The number of nitrogens with one attached hydrogen (secondary N) is 1. The highest BCUT2D eigenvalue weighted by atomic mass is 16.5. The number of esters is 1. The van der Waals surface area contributed by atoms with E-state index < -0.39 is 0 Å². The maximum absolute atomic E-state index is 11.5. The van der Waals surface area contributed by atoms with Gasteiger partial charge in [-0.3, -0.25) is 0 Å². The number of hydrogen-bond acceptors (Lipinski definition) is 5. The fraction of sp³-hybridized carbons (Fsp3) is 0.500. The smallest absolute Gasteiger partial charge is 0.338 e. The molecule has 6 nitrogen and oxygen atoms in total. The SMILES string of the molecule is COC(=O)c1ccn2nc(CNC3CCCC3)nc2c1. The lowest BCUT2D eigenvalue weighted by Crippen LogP contribution is -2.25. The molecule has 0 unspecified atom stereocenters. The maximum Gasteiger partial charge on any atom is 0.338 e. The lowest BCUT2D eigenvalue weighted by atomic mass is 10.2. The molecule has 1 N–H and O–H groups in total. The van der Waals surface area contributed by atoms with E-state index in [1.807, 2.05) is 0 Å². The maximum atomic E-state index is 11.5. The summed E-state index contributed by atoms with van der Waals surface area (Å²) in [5.41, 5.74) is 1.15. The lowest BCUT2D eigenvalue weighted by Gasteiger charge is -2.08. The molecular weight excluding hydrogens is 256 g/mol. The largest absolute Gasteiger partial charge is 0.465 e. The first-order valence-corrected chi connectivity index (χ1v) is 6.93. The van der Waals surface area contributed by atoms with Gasteiger partial charge < -0.3 is 10.1 Å². The van der Waals surface area contributed by atoms with Crippen molar-refractivity contribution in [1.29, 1.82) is 0 Å². The van der Waals surface area contributed by atoms with Crippen LogP contribution in [0.3, 0.4) is 0 Å². The zero-order valence-electron chi connectivity index (χ0n) is 11.5. The van der Waals surface area contributed by atoms with Gasteiger partial charge in [0.1, 0.15) is 0 Å². The molecule has 1 fully saturated rings. The van der Waals surface area contributed by atoms with Gasteiger partial charge >= 0.3 is 5.97 Å². The Morgan fingerprint density at radius 2 is 2.30 bits per heavy atom. The Morgan fingerprint density at radius 3 is 3.05 bits per heavy atom. The number of carbonyl (C=O) groups excluding carboxylic acids is 1. The number of hydrogen-bond donors (Lipinski definition) is 1. The van der Waals surface area contributed by atoms with Gasteiger partial charge in [0.2, 0.25) is 0 Å². The Bertz CT molecular complexity index is 617. The minimum Gasteiger partial charge on any atom is -0.465 e. The molecule has 2 heterocycles. The number of pyridine rings is 1. The van der Waals surface area contributed by atoms with E-state index in [1.54, 1.807) is 22.8 Å². The highest BCUT2D eigenvalue weighted by molar-refractivity contribution is 5.90. The van der Waals surface area contributed by atoms with Gasteiger partial charge in [-0.15, -0.1) is 5.10 Å². The molecule has 3 rings (SSSR count). The van der Waals surface area contributed by atoms with Crippen LogP contribution < -0.4 is 5.32 Å². The van der Waals surface area contributed by atoms with E-state index in [0.717, 1.165) is 5.82 Å². The topological polar surface area (TPSA) is 68.5 Å². The number of fused-ring (bicyclic) bond motifs is 1. The molecule has 0 saturated heterocycles. The number of ether oxygens (including phenoxy) is 1. The first-order chi connectivity index (χ1) is 9.76. The summed E-state index contributed by atoms with van der Waals surface area (Å²) in [6.45, 7) is 0.667. The second-order valence-electron chi connectivity index (χ2n) is 5.10. The molecule has 0 radical (unpaired) electrons. The van der Waals surface area contributed by atoms with Crippen LogP contribution in [-0.4, -0.2) is 33.7 Å². The number of nitrogens with zero attached hydrogens (tertiary/aromatic N) is 3. The summed E-state index contributed by atoms with van der Waals surface area (Å²) in [7, 11) is 1.37. The quantitative estimate of drug-likeness (QED) is 0.857. The van der Waals surface area contributed by atoms with E-state index in [1.165, 1.54) is 32.8 Å². The van der Waals surface area contributed by atoms with Gasteiger partial charge in [-0.05, 0) is 25.0 Å². The number of rotatable bonds is 4. The molecule has 106 valence electrons. The van der Waals surface area contributed by atoms with Gasteiger partial charge in [-0.1, -0.05) is 12.8 Å². The van der Waals surface area contributed by atoms with Crippen molar-refractivity contribution in [3.8, 4) is 0 Å². The normalized spacial score (nSPS) is 15.8. The second-order valence-corrected chi connectivity index (χ2v) is 5.10. The van der Waals surface area contributed by atoms with Crippen molar-refractivity contribution in [3.63, 3.8) is 0 Å². The minimum atomic E-state index is -0.360. The average Bonchev–Trinajstić information content (AvgIpc) is 3.12. The van der Waals surface area contributed by atoms with Crippen molar-refractivity contribution in [2.45, 2.75) is 38.3 Å². The van der Waals surface area contributed by atoms with Crippen LogP contribution in [-0.2, 0) is 11.3 Å². The standard InChI is InChI=1S/C14H18N4O2/c1-20-14(19)10-6-7-18-13(8-10)16-12(17-18)9-15-11-4-2-3-5-11/h6-8,11,15H,2-5,9H2,1H3. The molecule has 0 aliphatic heterocycles. The van der Waals surface area contributed by atoms with Crippen LogP contribution in [0, 0.1) is 0 Å². The van der Waals surface area contributed by atoms with Gasteiger partial charge in [-0.25, -0.2) is 14.3 Å². The molecule has 0 amide bonds. The Morgan fingerprint density at radius 1 is 1.50 bits per heavy atom. The lowest BCUT2D eigenvalue weighted by molar-refractivity contribution is 0.0600. The molecule has 20 heavy (non-hydrogen) atoms. The number of carbonyl (C=O) groups is 1. The molecule has 0 aromatic carbocycles. The minimum absolute atomic E-state index is 0.360. The van der Waals surface area contributed by atoms with Crippen LogP contribution in [0.15, 0.2) is 18.3 Å². The van der Waals surface area contributed by atoms with Crippen molar-refractivity contribution in [2.24, 2.45) is 0 Å². The van der Waals surface area contributed by atoms with Crippen LogP contribution in [0.2, 0.25) is 0 Å². The van der Waals surface area contributed by atoms with E-state index in [-0.39, 0.29) is 5.97 Å². The molecule has 1 aliphatic rings. The van der Waals surface area contributed by atoms with Crippen molar-refractivity contribution in [2.75, 3.05) is 7.11 Å². The summed E-state index contributed by atoms with van der Waals surface area (Å²) < 4.78 is 6.38. The number of aromatic nitrogens is 3. The van der Waals surface area contributed by atoms with E-state index in [9.17, 15) is 4.79 Å². The summed E-state index contributed by atoms with van der Waals surface area (Å²) in [5.74, 6) is 0.389. The Kier molecular flexibility index (Phi) is 3.64. The molecular formula is C14H18N4O2. The van der Waals surface area contributed by atoms with Crippen LogP contribution in [0.4, 0.5) is 0 Å². The Balaban J connectivity index is 1.74. The summed E-state index contributed by atoms with van der Waals surface area (Å²) in [4.78, 5) is 15.9. The van der Waals surface area contributed by atoms with Crippen LogP contribution in [0.1, 0.15) is 41.9 Å². The van der Waals surface area contributed by atoms with E-state index in [2.05, 4.69) is 15.4 Å². The summed E-state index contributed by atoms with van der Waals surface area (Å²) in [6.07, 6.45) is 6.81. The first-order valence-electron chi connectivity index (χ1n) is 6.93. The van der Waals surface area contributed by atoms with Crippen molar-refractivity contribution >= 4 is 11.6 Å². The predicted octanol–water partition coefficient (Wildman–Crippen LogP) is 1.55. The summed E-state index contributed by atoms with van der Waals surface area (Å²) in [5, 5.41) is 7.87. The Labute approximate surface area is 117 Å². The molecule has 1 saturated carbocycles. The van der Waals surface area contributed by atoms with E-state index in [0.29, 0.717) is 23.8 Å². The third kappa shape index (κ3) is 2.65. The van der Waals surface area contributed by atoms with Gasteiger partial charge in [0.25, 0.3) is 0 Å². The third-order valence-electron chi connectivity index (χ3n) is 3.71. The van der Waals surface area contributed by atoms with Crippen molar-refractivity contribution in [3.05, 3.63) is 29.7 Å². The fourth-order valence-corrected chi connectivity index (χ4v) is 2.61. The average molecular weight is 274 g/mol. The van der Waals surface area contributed by atoms with E-state index in [4.69, 9.17) is 4.74 Å². The summed E-state index contributed by atoms with van der Waals surface area (Å²) in [6, 6.07) is 3.96. The zero-order valence-corrected chi connectivity index (χ0v) is 11.5. The number of methoxy groups -OCH3 is 1. The second kappa shape index (κ2) is 5.58. The molecule has 6 heteroatoms. The molecule has 0 bridgehead atoms. The van der Waals surface area contributed by atoms with Gasteiger partial charge in [0.15, 0.2) is 11.5 Å². The zero-order chi connectivity index (χ0) is 13.9. The van der Waals surface area contributed by atoms with Gasteiger partial charge in [-0.2, -0.15) is 0 Å². The predicted molar refractivity (Wildman–Crippen MR) is 73.4 cm³/mol. The van der Waals surface area contributed by atoms with Gasteiger partial charge in [0.05, 0.1) is 19.2 Å². The van der Waals surface area contributed by atoms with Crippen molar-refractivity contribution < 1.29 is 9.53 Å². The van der Waals surface area contributed by atoms with Crippen molar-refractivity contribution in [1.82, 2.24) is 19.9 Å². The molecule has 0 spiro atoms. The highest BCUT2D eigenvalue weighted by Crippen LogP contribution is 2.17. The van der Waals surface area contributed by atoms with Crippen LogP contribution >= 0.6 is 0 Å². The first kappa shape index (κ1) is 13.1. The van der Waals surface area contributed by atoms with Gasteiger partial charge in [0, 0.05) is 12.2 Å².